The van der Waals surface area contributed by atoms with E-state index < -0.39 is 0 Å². The number of amides is 1. The normalized spacial score (nSPS) is 32.8. The van der Waals surface area contributed by atoms with Crippen molar-refractivity contribution in [3.8, 4) is 0 Å². The van der Waals surface area contributed by atoms with Crippen molar-refractivity contribution >= 4 is 23.6 Å². The molecule has 2 saturated heterocycles. The highest BCUT2D eigenvalue weighted by Gasteiger charge is 2.47. The van der Waals surface area contributed by atoms with E-state index in [1.807, 2.05) is 0 Å². The molecule has 2 fully saturated rings. The standard InChI is InChI=1S/C7H9NO3S/c1-4(9)11-6-3-12-7-2-5(10)8(6)7/h6-7H,2-3H2,1H3/t6?,7-/m0/s1. The van der Waals surface area contributed by atoms with Gasteiger partial charge in [0.15, 0.2) is 6.23 Å². The molecule has 2 aliphatic heterocycles. The molecule has 0 aromatic heterocycles. The van der Waals surface area contributed by atoms with Crippen molar-refractivity contribution in [3.05, 3.63) is 0 Å². The van der Waals surface area contributed by atoms with Gasteiger partial charge in [0.1, 0.15) is 0 Å². The minimum atomic E-state index is -0.319. The van der Waals surface area contributed by atoms with Gasteiger partial charge in [-0.1, -0.05) is 0 Å². The fourth-order valence-electron chi connectivity index (χ4n) is 1.44. The molecule has 2 aliphatic rings. The van der Waals surface area contributed by atoms with E-state index in [1.54, 1.807) is 16.7 Å². The molecule has 0 radical (unpaired) electrons. The van der Waals surface area contributed by atoms with Crippen LogP contribution >= 0.6 is 11.8 Å². The number of carbonyl (C=O) groups excluding carboxylic acids is 2. The third-order valence-electron chi connectivity index (χ3n) is 1.99. The molecule has 0 aromatic carbocycles. The Labute approximate surface area is 74.2 Å². The zero-order chi connectivity index (χ0) is 8.72. The number of hydrogen-bond donors (Lipinski definition) is 0. The van der Waals surface area contributed by atoms with Gasteiger partial charge in [-0.2, -0.15) is 0 Å². The Balaban J connectivity index is 1.99. The van der Waals surface area contributed by atoms with Gasteiger partial charge in [-0.15, -0.1) is 11.8 Å². The number of ether oxygens (including phenoxy) is 1. The van der Waals surface area contributed by atoms with E-state index in [9.17, 15) is 9.59 Å². The summed E-state index contributed by atoms with van der Waals surface area (Å²) in [5, 5.41) is 0.266. The van der Waals surface area contributed by atoms with Crippen LogP contribution in [0.1, 0.15) is 13.3 Å². The molecular formula is C7H9NO3S. The van der Waals surface area contributed by atoms with Crippen molar-refractivity contribution in [2.45, 2.75) is 24.9 Å². The van der Waals surface area contributed by atoms with Crippen LogP contribution < -0.4 is 0 Å². The van der Waals surface area contributed by atoms with Crippen molar-refractivity contribution in [2.75, 3.05) is 5.75 Å². The zero-order valence-electron chi connectivity index (χ0n) is 6.65. The van der Waals surface area contributed by atoms with Crippen LogP contribution in [0.4, 0.5) is 0 Å². The van der Waals surface area contributed by atoms with E-state index >= 15 is 0 Å². The summed E-state index contributed by atoms with van der Waals surface area (Å²) in [4.78, 5) is 23.3. The van der Waals surface area contributed by atoms with Crippen LogP contribution in [0.25, 0.3) is 0 Å². The average Bonchev–Trinajstić information content (AvgIpc) is 2.24. The van der Waals surface area contributed by atoms with Gasteiger partial charge in [0.05, 0.1) is 17.5 Å². The largest absolute Gasteiger partial charge is 0.441 e. The quantitative estimate of drug-likeness (QED) is 0.434. The van der Waals surface area contributed by atoms with E-state index in [0.29, 0.717) is 6.42 Å². The predicted octanol–water partition coefficient (Wildman–Crippen LogP) is 0.181. The van der Waals surface area contributed by atoms with E-state index in [0.717, 1.165) is 5.75 Å². The highest BCUT2D eigenvalue weighted by molar-refractivity contribution is 8.00. The van der Waals surface area contributed by atoms with E-state index in [2.05, 4.69) is 0 Å². The number of rotatable bonds is 1. The fourth-order valence-corrected chi connectivity index (χ4v) is 2.73. The third-order valence-corrected chi connectivity index (χ3v) is 3.25. The molecule has 5 heteroatoms. The first-order valence-corrected chi connectivity index (χ1v) is 4.83. The highest BCUT2D eigenvalue weighted by Crippen LogP contribution is 2.39. The Kier molecular flexibility index (Phi) is 1.75. The van der Waals surface area contributed by atoms with Crippen molar-refractivity contribution in [1.82, 2.24) is 4.90 Å². The maximum absolute atomic E-state index is 11.0. The number of β-lactam (4-membered cyclic amide) rings is 1. The number of nitrogens with zero attached hydrogens (tertiary/aromatic N) is 1. The van der Waals surface area contributed by atoms with Crippen molar-refractivity contribution in [1.29, 1.82) is 0 Å². The van der Waals surface area contributed by atoms with Crippen LogP contribution in [0.2, 0.25) is 0 Å². The monoisotopic (exact) mass is 187 g/mol. The lowest BCUT2D eigenvalue weighted by atomic mass is 10.2. The summed E-state index contributed by atoms with van der Waals surface area (Å²) < 4.78 is 4.96. The molecule has 0 saturated carbocycles. The Hall–Kier alpha value is -0.710. The summed E-state index contributed by atoms with van der Waals surface area (Å²) in [5.74, 6) is 0.493. The van der Waals surface area contributed by atoms with Gasteiger partial charge in [0, 0.05) is 6.92 Å². The summed E-state index contributed by atoms with van der Waals surface area (Å²) in [6.07, 6.45) is 0.293. The van der Waals surface area contributed by atoms with E-state index in [4.69, 9.17) is 4.74 Å². The van der Waals surface area contributed by atoms with Gasteiger partial charge in [0.2, 0.25) is 5.91 Å². The molecule has 12 heavy (non-hydrogen) atoms. The molecule has 0 bridgehead atoms. The molecule has 4 nitrogen and oxygen atoms in total. The zero-order valence-corrected chi connectivity index (χ0v) is 7.47. The van der Waals surface area contributed by atoms with Crippen LogP contribution in [0.5, 0.6) is 0 Å². The second-order valence-corrected chi connectivity index (χ2v) is 4.07. The lowest BCUT2D eigenvalue weighted by molar-refractivity contribution is -0.167. The fraction of sp³-hybridized carbons (Fsp3) is 0.714. The van der Waals surface area contributed by atoms with Gasteiger partial charge in [-0.25, -0.2) is 0 Å². The maximum Gasteiger partial charge on any atom is 0.304 e. The Morgan fingerprint density at radius 2 is 2.50 bits per heavy atom. The second-order valence-electron chi connectivity index (χ2n) is 2.86. The van der Waals surface area contributed by atoms with Crippen molar-refractivity contribution in [3.63, 3.8) is 0 Å². The van der Waals surface area contributed by atoms with Gasteiger partial charge >= 0.3 is 5.97 Å². The minimum absolute atomic E-state index is 0.0938. The first-order chi connectivity index (χ1) is 5.68. The lowest BCUT2D eigenvalue weighted by Crippen LogP contribution is -2.52. The van der Waals surface area contributed by atoms with Gasteiger partial charge < -0.3 is 4.74 Å². The molecule has 0 spiro atoms. The number of carbonyl (C=O) groups is 2. The molecule has 1 unspecified atom stereocenters. The SMILES string of the molecule is CC(=O)OC1CS[C@H]2CC(=O)N12. The Bertz CT molecular complexity index is 243. The Morgan fingerprint density at radius 1 is 1.75 bits per heavy atom. The number of esters is 1. The van der Waals surface area contributed by atoms with Crippen molar-refractivity contribution < 1.29 is 14.3 Å². The molecule has 0 N–H and O–H groups in total. The minimum Gasteiger partial charge on any atom is -0.441 e. The molecule has 2 heterocycles. The lowest BCUT2D eigenvalue weighted by Gasteiger charge is -2.36. The molecule has 1 amide bonds. The topological polar surface area (TPSA) is 46.6 Å². The summed E-state index contributed by atoms with van der Waals surface area (Å²) in [7, 11) is 0. The summed E-state index contributed by atoms with van der Waals surface area (Å²) in [5.41, 5.74) is 0. The van der Waals surface area contributed by atoms with Crippen LogP contribution in [-0.2, 0) is 14.3 Å². The van der Waals surface area contributed by atoms with Gasteiger partial charge in [0.25, 0.3) is 0 Å². The maximum atomic E-state index is 11.0. The molecular weight excluding hydrogens is 178 g/mol. The van der Waals surface area contributed by atoms with Crippen LogP contribution in [0.3, 0.4) is 0 Å². The third kappa shape index (κ3) is 1.08. The van der Waals surface area contributed by atoms with Crippen molar-refractivity contribution in [2.24, 2.45) is 0 Å². The predicted molar refractivity (Wildman–Crippen MR) is 43.3 cm³/mol. The van der Waals surface area contributed by atoms with Gasteiger partial charge in [-0.05, 0) is 0 Å². The summed E-state index contributed by atoms with van der Waals surface area (Å²) >= 11 is 1.67. The number of fused-ring (bicyclic) bond motifs is 1. The van der Waals surface area contributed by atoms with Crippen LogP contribution in [0.15, 0.2) is 0 Å². The van der Waals surface area contributed by atoms with Crippen LogP contribution in [0, 0.1) is 0 Å². The average molecular weight is 187 g/mol. The van der Waals surface area contributed by atoms with E-state index in [-0.39, 0.29) is 23.5 Å². The second kappa shape index (κ2) is 2.65. The van der Waals surface area contributed by atoms with E-state index in [1.165, 1.54) is 6.92 Å². The summed E-state index contributed by atoms with van der Waals surface area (Å²) in [6, 6.07) is 0. The molecule has 66 valence electrons. The smallest absolute Gasteiger partial charge is 0.304 e. The highest BCUT2D eigenvalue weighted by atomic mass is 32.2. The first kappa shape index (κ1) is 7.91. The molecule has 0 aliphatic carbocycles. The van der Waals surface area contributed by atoms with Crippen LogP contribution in [-0.4, -0.2) is 34.1 Å². The first-order valence-electron chi connectivity index (χ1n) is 3.78. The molecule has 0 aromatic rings. The Morgan fingerprint density at radius 3 is 3.08 bits per heavy atom. The molecule has 2 rings (SSSR count). The number of thioether (sulfide) groups is 1. The van der Waals surface area contributed by atoms with Gasteiger partial charge in [-0.3, -0.25) is 14.5 Å². The summed E-state index contributed by atoms with van der Waals surface area (Å²) in [6.45, 7) is 1.36. The molecule has 2 atom stereocenters. The number of hydrogen-bond acceptors (Lipinski definition) is 4.